The van der Waals surface area contributed by atoms with Crippen molar-refractivity contribution < 1.29 is 9.90 Å². The van der Waals surface area contributed by atoms with Gasteiger partial charge in [-0.2, -0.15) is 0 Å². The van der Waals surface area contributed by atoms with Crippen LogP contribution in [0, 0.1) is 0 Å². The lowest BCUT2D eigenvalue weighted by atomic mass is 10.1. The molecule has 0 radical (unpaired) electrons. The van der Waals surface area contributed by atoms with E-state index in [-0.39, 0.29) is 0 Å². The quantitative estimate of drug-likeness (QED) is 0.819. The summed E-state index contributed by atoms with van der Waals surface area (Å²) in [5.74, 6) is -0.907. The van der Waals surface area contributed by atoms with Crippen LogP contribution in [-0.4, -0.2) is 36.6 Å². The van der Waals surface area contributed by atoms with E-state index in [1.807, 2.05) is 12.1 Å². The van der Waals surface area contributed by atoms with Crippen molar-refractivity contribution >= 4 is 17.3 Å². The molecule has 0 unspecified atom stereocenters. The summed E-state index contributed by atoms with van der Waals surface area (Å²) < 4.78 is 0. The van der Waals surface area contributed by atoms with Crippen molar-refractivity contribution in [2.45, 2.75) is 12.8 Å². The highest BCUT2D eigenvalue weighted by molar-refractivity contribution is 5.88. The molecule has 2 rings (SSSR count). The Hall–Kier alpha value is -2.33. The number of rotatable bonds is 7. The van der Waals surface area contributed by atoms with Crippen LogP contribution in [0.2, 0.25) is 0 Å². The van der Waals surface area contributed by atoms with Gasteiger partial charge in [-0.3, -0.25) is 0 Å². The molecule has 2 N–H and O–H groups in total. The van der Waals surface area contributed by atoms with E-state index >= 15 is 0 Å². The van der Waals surface area contributed by atoms with E-state index in [4.69, 9.17) is 5.11 Å². The Kier molecular flexibility index (Phi) is 5.55. The maximum absolute atomic E-state index is 10.9. The van der Waals surface area contributed by atoms with Crippen LogP contribution in [0.5, 0.6) is 0 Å². The number of aryl methyl sites for hydroxylation is 1. The van der Waals surface area contributed by atoms with E-state index in [1.54, 1.807) is 24.3 Å². The number of carboxylic acid groups (broad SMARTS) is 1. The first-order chi connectivity index (χ1) is 10.6. The lowest BCUT2D eigenvalue weighted by molar-refractivity contribution is 0.0697. The van der Waals surface area contributed by atoms with Crippen LogP contribution in [0.15, 0.2) is 48.5 Å². The number of hydrogen-bond acceptors (Lipinski definition) is 3. The van der Waals surface area contributed by atoms with Crippen molar-refractivity contribution in [2.75, 3.05) is 26.0 Å². The Bertz CT molecular complexity index is 621. The van der Waals surface area contributed by atoms with Gasteiger partial charge in [0.05, 0.1) is 5.56 Å². The maximum Gasteiger partial charge on any atom is 0.335 e. The van der Waals surface area contributed by atoms with Gasteiger partial charge < -0.3 is 15.3 Å². The van der Waals surface area contributed by atoms with Crippen molar-refractivity contribution in [3.63, 3.8) is 0 Å². The number of benzene rings is 2. The number of nitrogens with zero attached hydrogens (tertiary/aromatic N) is 1. The van der Waals surface area contributed by atoms with Gasteiger partial charge in [0.2, 0.25) is 0 Å². The molecule has 2 aromatic rings. The molecular weight excluding hydrogens is 276 g/mol. The van der Waals surface area contributed by atoms with Crippen LogP contribution in [0.1, 0.15) is 22.3 Å². The van der Waals surface area contributed by atoms with E-state index in [1.165, 1.54) is 5.56 Å². The topological polar surface area (TPSA) is 52.6 Å². The zero-order valence-electron chi connectivity index (χ0n) is 13.0. The number of aromatic carboxylic acids is 1. The van der Waals surface area contributed by atoms with Gasteiger partial charge >= 0.3 is 5.97 Å². The summed E-state index contributed by atoms with van der Waals surface area (Å²) in [7, 11) is 4.16. The Morgan fingerprint density at radius 2 is 1.77 bits per heavy atom. The normalized spacial score (nSPS) is 10.7. The smallest absolute Gasteiger partial charge is 0.335 e. The molecule has 0 aliphatic heterocycles. The third kappa shape index (κ3) is 4.60. The van der Waals surface area contributed by atoms with Crippen LogP contribution < -0.4 is 5.32 Å². The lowest BCUT2D eigenvalue weighted by Gasteiger charge is -2.14. The summed E-state index contributed by atoms with van der Waals surface area (Å²) in [6.07, 6.45) is 2.11. The molecule has 0 fully saturated rings. The average Bonchev–Trinajstić information content (AvgIpc) is 2.49. The molecule has 0 bridgehead atoms. The fraction of sp³-hybridized carbons (Fsp3) is 0.278. The number of carboxylic acids is 1. The predicted octanol–water partition coefficient (Wildman–Crippen LogP) is 3.62. The first-order valence-electron chi connectivity index (χ1n) is 7.39. The largest absolute Gasteiger partial charge is 0.478 e. The minimum Gasteiger partial charge on any atom is -0.478 e. The molecule has 0 amide bonds. The summed E-state index contributed by atoms with van der Waals surface area (Å²) in [6.45, 7) is 1.06. The van der Waals surface area contributed by atoms with Crippen LogP contribution in [0.3, 0.4) is 0 Å². The van der Waals surface area contributed by atoms with Crippen molar-refractivity contribution in [3.8, 4) is 0 Å². The second kappa shape index (κ2) is 7.61. The van der Waals surface area contributed by atoms with Gasteiger partial charge in [-0.15, -0.1) is 0 Å². The number of hydrogen-bond donors (Lipinski definition) is 2. The summed E-state index contributed by atoms with van der Waals surface area (Å²) in [5, 5.41) is 12.3. The van der Waals surface area contributed by atoms with Gasteiger partial charge in [-0.05, 0) is 69.4 Å². The second-order valence-corrected chi connectivity index (χ2v) is 5.57. The standard InChI is InChI=1S/C18H22N2O2/c1-20(2)13-5-7-14-6-3-4-8-17(14)19-16-11-9-15(10-12-16)18(21)22/h3-4,6,8-12,19H,5,7,13H2,1-2H3,(H,21,22). The number of carbonyl (C=O) groups is 1. The number of anilines is 2. The Balaban J connectivity index is 2.07. The molecule has 0 spiro atoms. The molecule has 4 nitrogen and oxygen atoms in total. The van der Waals surface area contributed by atoms with E-state index in [9.17, 15) is 4.79 Å². The summed E-state index contributed by atoms with van der Waals surface area (Å²) in [4.78, 5) is 13.1. The molecule has 0 aliphatic rings. The number of para-hydroxylation sites is 1. The highest BCUT2D eigenvalue weighted by atomic mass is 16.4. The van der Waals surface area contributed by atoms with E-state index in [0.717, 1.165) is 30.8 Å². The lowest BCUT2D eigenvalue weighted by Crippen LogP contribution is -2.13. The van der Waals surface area contributed by atoms with E-state index in [2.05, 4.69) is 36.4 Å². The molecule has 0 saturated carbocycles. The number of nitrogens with one attached hydrogen (secondary N) is 1. The Morgan fingerprint density at radius 3 is 2.41 bits per heavy atom. The first kappa shape index (κ1) is 16.0. The zero-order valence-corrected chi connectivity index (χ0v) is 13.0. The van der Waals surface area contributed by atoms with Crippen molar-refractivity contribution in [3.05, 3.63) is 59.7 Å². The molecule has 116 valence electrons. The molecular formula is C18H22N2O2. The SMILES string of the molecule is CN(C)CCCc1ccccc1Nc1ccc(C(=O)O)cc1. The van der Waals surface area contributed by atoms with E-state index < -0.39 is 5.97 Å². The molecule has 22 heavy (non-hydrogen) atoms. The van der Waals surface area contributed by atoms with Crippen molar-refractivity contribution in [1.82, 2.24) is 4.90 Å². The summed E-state index contributed by atoms with van der Waals surface area (Å²) in [6, 6.07) is 15.0. The highest BCUT2D eigenvalue weighted by Crippen LogP contribution is 2.22. The molecule has 0 saturated heterocycles. The molecule has 4 heteroatoms. The molecule has 0 aliphatic carbocycles. The third-order valence-electron chi connectivity index (χ3n) is 3.48. The van der Waals surface area contributed by atoms with Crippen LogP contribution in [-0.2, 0) is 6.42 Å². The fourth-order valence-electron chi connectivity index (χ4n) is 2.30. The van der Waals surface area contributed by atoms with Gasteiger partial charge in [-0.1, -0.05) is 18.2 Å². The molecule has 0 heterocycles. The highest BCUT2D eigenvalue weighted by Gasteiger charge is 2.05. The summed E-state index contributed by atoms with van der Waals surface area (Å²) >= 11 is 0. The average molecular weight is 298 g/mol. The minimum atomic E-state index is -0.907. The van der Waals surface area contributed by atoms with Gasteiger partial charge in [0.15, 0.2) is 0 Å². The first-order valence-corrected chi connectivity index (χ1v) is 7.39. The molecule has 2 aromatic carbocycles. The maximum atomic E-state index is 10.9. The van der Waals surface area contributed by atoms with Crippen molar-refractivity contribution in [2.24, 2.45) is 0 Å². The minimum absolute atomic E-state index is 0.296. The molecule has 0 atom stereocenters. The van der Waals surface area contributed by atoms with Gasteiger partial charge in [0.1, 0.15) is 0 Å². The monoisotopic (exact) mass is 298 g/mol. The van der Waals surface area contributed by atoms with Gasteiger partial charge in [0.25, 0.3) is 0 Å². The second-order valence-electron chi connectivity index (χ2n) is 5.57. The van der Waals surface area contributed by atoms with Crippen molar-refractivity contribution in [1.29, 1.82) is 0 Å². The van der Waals surface area contributed by atoms with Crippen LogP contribution >= 0.6 is 0 Å². The van der Waals surface area contributed by atoms with Crippen LogP contribution in [0.25, 0.3) is 0 Å². The third-order valence-corrected chi connectivity index (χ3v) is 3.48. The van der Waals surface area contributed by atoms with Gasteiger partial charge in [0, 0.05) is 11.4 Å². The Morgan fingerprint density at radius 1 is 1.09 bits per heavy atom. The zero-order chi connectivity index (χ0) is 15.9. The van der Waals surface area contributed by atoms with Gasteiger partial charge in [-0.25, -0.2) is 4.79 Å². The summed E-state index contributed by atoms with van der Waals surface area (Å²) in [5.41, 5.74) is 3.53. The fourth-order valence-corrected chi connectivity index (χ4v) is 2.30. The predicted molar refractivity (Wildman–Crippen MR) is 90.0 cm³/mol. The molecule has 0 aromatic heterocycles. The van der Waals surface area contributed by atoms with Crippen LogP contribution in [0.4, 0.5) is 11.4 Å². The Labute approximate surface area is 131 Å². The van der Waals surface area contributed by atoms with E-state index in [0.29, 0.717) is 5.56 Å².